The van der Waals surface area contributed by atoms with Gasteiger partial charge in [-0.3, -0.25) is 9.69 Å². The second-order valence-electron chi connectivity index (χ2n) is 5.86. The van der Waals surface area contributed by atoms with Crippen LogP contribution in [0.5, 0.6) is 0 Å². The summed E-state index contributed by atoms with van der Waals surface area (Å²) < 4.78 is 0. The number of rotatable bonds is 5. The summed E-state index contributed by atoms with van der Waals surface area (Å²) in [6, 6.07) is 9.58. The lowest BCUT2D eigenvalue weighted by Crippen LogP contribution is -2.40. The number of nitrogens with one attached hydrogen (secondary N) is 1. The molecule has 2 aromatic rings. The van der Waals surface area contributed by atoms with Crippen molar-refractivity contribution in [2.75, 3.05) is 19.6 Å². The average molecular weight is 349 g/mol. The van der Waals surface area contributed by atoms with Gasteiger partial charge in [0, 0.05) is 6.54 Å². The summed E-state index contributed by atoms with van der Waals surface area (Å²) in [5.41, 5.74) is 1.83. The number of piperidine rings is 1. The fraction of sp³-hybridized carbons (Fsp3) is 0.389. The summed E-state index contributed by atoms with van der Waals surface area (Å²) in [6.07, 6.45) is 3.77. The Morgan fingerprint density at radius 3 is 2.70 bits per heavy atom. The fourth-order valence-electron chi connectivity index (χ4n) is 3.08. The van der Waals surface area contributed by atoms with E-state index in [0.717, 1.165) is 13.1 Å². The van der Waals surface area contributed by atoms with E-state index in [9.17, 15) is 4.79 Å². The van der Waals surface area contributed by atoms with E-state index in [1.165, 1.54) is 24.8 Å². The molecule has 1 fully saturated rings. The summed E-state index contributed by atoms with van der Waals surface area (Å²) in [6.45, 7) is 2.81. The summed E-state index contributed by atoms with van der Waals surface area (Å²) in [7, 11) is 0. The number of benzene rings is 1. The van der Waals surface area contributed by atoms with E-state index in [4.69, 9.17) is 11.6 Å². The lowest BCUT2D eigenvalue weighted by molar-refractivity contribution is 0.0925. The number of carbonyl (C=O) groups is 1. The first kappa shape index (κ1) is 16.5. The SMILES string of the molecule is O=C(NCC(c1ccsc1)N1CCCCC1)c1ccccc1Cl. The van der Waals surface area contributed by atoms with Gasteiger partial charge in [-0.2, -0.15) is 11.3 Å². The molecule has 1 aromatic carbocycles. The van der Waals surface area contributed by atoms with E-state index in [-0.39, 0.29) is 11.9 Å². The predicted molar refractivity (Wildman–Crippen MR) is 96.3 cm³/mol. The molecule has 1 atom stereocenters. The minimum Gasteiger partial charge on any atom is -0.350 e. The van der Waals surface area contributed by atoms with Crippen LogP contribution < -0.4 is 5.32 Å². The molecule has 1 amide bonds. The maximum absolute atomic E-state index is 12.4. The smallest absolute Gasteiger partial charge is 0.252 e. The number of likely N-dealkylation sites (tertiary alicyclic amines) is 1. The van der Waals surface area contributed by atoms with Crippen LogP contribution in [0, 0.1) is 0 Å². The Morgan fingerprint density at radius 1 is 1.22 bits per heavy atom. The Bertz CT molecular complexity index is 638. The third kappa shape index (κ3) is 4.14. The minimum absolute atomic E-state index is 0.104. The van der Waals surface area contributed by atoms with Crippen molar-refractivity contribution in [1.82, 2.24) is 10.2 Å². The van der Waals surface area contributed by atoms with Crippen molar-refractivity contribution >= 4 is 28.8 Å². The van der Waals surface area contributed by atoms with Gasteiger partial charge in [-0.25, -0.2) is 0 Å². The van der Waals surface area contributed by atoms with Crippen LogP contribution in [0.15, 0.2) is 41.1 Å². The maximum atomic E-state index is 12.4. The van der Waals surface area contributed by atoms with Crippen molar-refractivity contribution in [3.63, 3.8) is 0 Å². The summed E-state index contributed by atoms with van der Waals surface area (Å²) >= 11 is 7.82. The summed E-state index contributed by atoms with van der Waals surface area (Å²) in [5, 5.41) is 7.84. The molecule has 23 heavy (non-hydrogen) atoms. The molecule has 1 unspecified atom stereocenters. The molecule has 0 spiro atoms. The van der Waals surface area contributed by atoms with Gasteiger partial charge in [0.15, 0.2) is 0 Å². The highest BCUT2D eigenvalue weighted by Crippen LogP contribution is 2.26. The first-order valence-corrected chi connectivity index (χ1v) is 9.36. The molecule has 1 aromatic heterocycles. The van der Waals surface area contributed by atoms with Crippen LogP contribution in [0.3, 0.4) is 0 Å². The predicted octanol–water partition coefficient (Wildman–Crippen LogP) is 4.36. The molecule has 1 saturated heterocycles. The van der Waals surface area contributed by atoms with E-state index >= 15 is 0 Å². The van der Waals surface area contributed by atoms with Gasteiger partial charge in [0.05, 0.1) is 16.6 Å². The topological polar surface area (TPSA) is 32.3 Å². The number of thiophene rings is 1. The lowest BCUT2D eigenvalue weighted by atomic mass is 10.0. The van der Waals surface area contributed by atoms with Gasteiger partial charge in [-0.1, -0.05) is 30.2 Å². The van der Waals surface area contributed by atoms with Gasteiger partial charge >= 0.3 is 0 Å². The Balaban J connectivity index is 1.69. The highest BCUT2D eigenvalue weighted by Gasteiger charge is 2.23. The zero-order chi connectivity index (χ0) is 16.1. The summed E-state index contributed by atoms with van der Waals surface area (Å²) in [5.74, 6) is -0.104. The van der Waals surface area contributed by atoms with Crippen LogP contribution in [-0.2, 0) is 0 Å². The van der Waals surface area contributed by atoms with E-state index in [0.29, 0.717) is 17.1 Å². The first-order valence-electron chi connectivity index (χ1n) is 8.04. The Hall–Kier alpha value is -1.36. The molecule has 0 bridgehead atoms. The van der Waals surface area contributed by atoms with Gasteiger partial charge in [-0.05, 0) is 60.5 Å². The fourth-order valence-corrected chi connectivity index (χ4v) is 4.01. The van der Waals surface area contributed by atoms with Crippen LogP contribution in [-0.4, -0.2) is 30.4 Å². The van der Waals surface area contributed by atoms with E-state index in [1.807, 2.05) is 12.1 Å². The first-order chi connectivity index (χ1) is 11.3. The minimum atomic E-state index is -0.104. The third-order valence-electron chi connectivity index (χ3n) is 4.33. The monoisotopic (exact) mass is 348 g/mol. The van der Waals surface area contributed by atoms with Gasteiger partial charge in [0.1, 0.15) is 0 Å². The van der Waals surface area contributed by atoms with Crippen molar-refractivity contribution in [3.8, 4) is 0 Å². The highest BCUT2D eigenvalue weighted by atomic mass is 35.5. The second kappa shape index (κ2) is 7.95. The highest BCUT2D eigenvalue weighted by molar-refractivity contribution is 7.07. The van der Waals surface area contributed by atoms with E-state index < -0.39 is 0 Å². The Morgan fingerprint density at radius 2 is 2.00 bits per heavy atom. The van der Waals surface area contributed by atoms with Crippen LogP contribution in [0.1, 0.15) is 41.2 Å². The number of hydrogen-bond donors (Lipinski definition) is 1. The molecule has 1 aliphatic heterocycles. The number of amides is 1. The maximum Gasteiger partial charge on any atom is 0.252 e. The van der Waals surface area contributed by atoms with Gasteiger partial charge < -0.3 is 5.32 Å². The number of nitrogens with zero attached hydrogens (tertiary/aromatic N) is 1. The lowest BCUT2D eigenvalue weighted by Gasteiger charge is -2.34. The standard InChI is InChI=1S/C18H21ClN2OS/c19-16-7-3-2-6-15(16)18(22)20-12-17(14-8-11-23-13-14)21-9-4-1-5-10-21/h2-3,6-8,11,13,17H,1,4-5,9-10,12H2,(H,20,22). The summed E-state index contributed by atoms with van der Waals surface area (Å²) in [4.78, 5) is 14.9. The molecule has 2 heterocycles. The normalized spacial score (nSPS) is 16.9. The quantitative estimate of drug-likeness (QED) is 0.870. The molecule has 3 nitrogen and oxygen atoms in total. The van der Waals surface area contributed by atoms with Crippen LogP contribution in [0.4, 0.5) is 0 Å². The van der Waals surface area contributed by atoms with Crippen molar-refractivity contribution in [3.05, 3.63) is 57.2 Å². The molecule has 0 saturated carbocycles. The Kier molecular flexibility index (Phi) is 5.70. The molecule has 1 aliphatic rings. The van der Waals surface area contributed by atoms with Crippen molar-refractivity contribution in [2.24, 2.45) is 0 Å². The zero-order valence-electron chi connectivity index (χ0n) is 13.0. The number of halogens is 1. The van der Waals surface area contributed by atoms with E-state index in [2.05, 4.69) is 27.0 Å². The number of carbonyl (C=O) groups excluding carboxylic acids is 1. The van der Waals surface area contributed by atoms with Gasteiger partial charge in [0.25, 0.3) is 5.91 Å². The molecule has 0 radical (unpaired) electrons. The molecule has 122 valence electrons. The van der Waals surface area contributed by atoms with Crippen molar-refractivity contribution in [2.45, 2.75) is 25.3 Å². The zero-order valence-corrected chi connectivity index (χ0v) is 14.6. The molecular weight excluding hydrogens is 328 g/mol. The largest absolute Gasteiger partial charge is 0.350 e. The van der Waals surface area contributed by atoms with Crippen molar-refractivity contribution in [1.29, 1.82) is 0 Å². The third-order valence-corrected chi connectivity index (χ3v) is 5.36. The molecule has 0 aliphatic carbocycles. The second-order valence-corrected chi connectivity index (χ2v) is 7.05. The van der Waals surface area contributed by atoms with Crippen LogP contribution in [0.2, 0.25) is 5.02 Å². The number of hydrogen-bond acceptors (Lipinski definition) is 3. The Labute approximate surface area is 146 Å². The molecule has 1 N–H and O–H groups in total. The van der Waals surface area contributed by atoms with Crippen LogP contribution >= 0.6 is 22.9 Å². The molecular formula is C18H21ClN2OS. The van der Waals surface area contributed by atoms with E-state index in [1.54, 1.807) is 23.5 Å². The van der Waals surface area contributed by atoms with Gasteiger partial charge in [0.2, 0.25) is 0 Å². The van der Waals surface area contributed by atoms with Crippen LogP contribution in [0.25, 0.3) is 0 Å². The average Bonchev–Trinajstić information content (AvgIpc) is 3.10. The molecule has 5 heteroatoms. The molecule has 3 rings (SSSR count). The van der Waals surface area contributed by atoms with Gasteiger partial charge in [-0.15, -0.1) is 0 Å². The van der Waals surface area contributed by atoms with Crippen molar-refractivity contribution < 1.29 is 4.79 Å².